The molecular weight excluding hydrogens is 725 g/mol. The van der Waals surface area contributed by atoms with Gasteiger partial charge in [-0.15, -0.1) is 0 Å². The van der Waals surface area contributed by atoms with Crippen molar-refractivity contribution in [2.24, 2.45) is 0 Å². The van der Waals surface area contributed by atoms with E-state index < -0.39 is 0 Å². The highest BCUT2D eigenvalue weighted by Gasteiger charge is 2.21. The Morgan fingerprint density at radius 3 is 0.650 bits per heavy atom. The van der Waals surface area contributed by atoms with Gasteiger partial charge >= 0.3 is 0 Å². The topological polar surface area (TPSA) is 6.48 Å². The Bertz CT molecular complexity index is 2440. The van der Waals surface area contributed by atoms with Crippen LogP contribution in [0.5, 0.6) is 0 Å². The van der Waals surface area contributed by atoms with Gasteiger partial charge in [-0.25, -0.2) is 0 Å². The number of nitrogens with zero attached hydrogens (tertiary/aromatic N) is 2. The maximum atomic E-state index is 2.42. The Morgan fingerprint density at radius 1 is 0.233 bits per heavy atom. The van der Waals surface area contributed by atoms with Crippen LogP contribution in [-0.2, 0) is 0 Å². The zero-order chi connectivity index (χ0) is 42.8. The second kappa shape index (κ2) is 17.5. The Labute approximate surface area is 360 Å². The quantitative estimate of drug-likeness (QED) is 0.127. The third-order valence-corrected chi connectivity index (χ3v) is 13.3. The lowest BCUT2D eigenvalue weighted by Gasteiger charge is -2.30. The van der Waals surface area contributed by atoms with Crippen LogP contribution in [0.3, 0.4) is 0 Å². The molecule has 0 heterocycles. The van der Waals surface area contributed by atoms with Crippen LogP contribution >= 0.6 is 0 Å². The normalized spacial score (nSPS) is 11.5. The second-order valence-electron chi connectivity index (χ2n) is 16.8. The summed E-state index contributed by atoms with van der Waals surface area (Å²) in [5.74, 6) is 0. The summed E-state index contributed by atoms with van der Waals surface area (Å²) < 4.78 is 0. The van der Waals surface area contributed by atoms with Crippen molar-refractivity contribution >= 4 is 58.4 Å². The minimum Gasteiger partial charge on any atom is -0.310 e. The van der Waals surface area contributed by atoms with Crippen molar-refractivity contribution in [2.45, 2.75) is 83.1 Å². The van der Waals surface area contributed by atoms with Crippen LogP contribution < -0.4 is 9.80 Å². The molecule has 0 spiro atoms. The molecule has 0 aromatic heterocycles. The zero-order valence-electron chi connectivity index (χ0n) is 37.8. The van der Waals surface area contributed by atoms with Gasteiger partial charge in [-0.3, -0.25) is 0 Å². The van der Waals surface area contributed by atoms with E-state index in [2.05, 4.69) is 239 Å². The molecule has 0 amide bonds. The summed E-state index contributed by atoms with van der Waals surface area (Å²) in [7, 11) is 0. The summed E-state index contributed by atoms with van der Waals surface area (Å²) >= 11 is 0. The fraction of sp³-hybridized carbons (Fsp3) is 0.207. The van der Waals surface area contributed by atoms with Crippen molar-refractivity contribution in [3.63, 3.8) is 0 Å². The van der Waals surface area contributed by atoms with Gasteiger partial charge in [0.2, 0.25) is 0 Å². The third kappa shape index (κ3) is 8.38. The van der Waals surface area contributed by atoms with E-state index >= 15 is 0 Å². The SMILES string of the molecule is Cc1ccc(N(c2ccc(C=Cc3ccc(C=Cc4ccc(N(c5ccc(C)c(C)c5C)c5ccc(C)c(C)c5C)cc4)cc3)cc2)c2ccc(C)c(C)c2C)c(C)c1C. The summed E-state index contributed by atoms with van der Waals surface area (Å²) in [5, 5.41) is 0. The Hall–Kier alpha value is -6.38. The van der Waals surface area contributed by atoms with Crippen LogP contribution in [0.4, 0.5) is 34.1 Å². The van der Waals surface area contributed by atoms with Crippen LogP contribution in [0.25, 0.3) is 24.3 Å². The smallest absolute Gasteiger partial charge is 0.0493 e. The van der Waals surface area contributed by atoms with Crippen LogP contribution in [0, 0.1) is 83.1 Å². The molecule has 0 saturated carbocycles. The van der Waals surface area contributed by atoms with Gasteiger partial charge in [0, 0.05) is 34.1 Å². The van der Waals surface area contributed by atoms with Crippen LogP contribution in [0.15, 0.2) is 121 Å². The van der Waals surface area contributed by atoms with Crippen molar-refractivity contribution in [3.05, 3.63) is 210 Å². The highest BCUT2D eigenvalue weighted by molar-refractivity contribution is 5.84. The minimum atomic E-state index is 1.15. The lowest BCUT2D eigenvalue weighted by molar-refractivity contribution is 1.16. The largest absolute Gasteiger partial charge is 0.310 e. The lowest BCUT2D eigenvalue weighted by atomic mass is 9.98. The van der Waals surface area contributed by atoms with E-state index in [0.29, 0.717) is 0 Å². The predicted octanol–water partition coefficient (Wildman–Crippen LogP) is 16.7. The molecule has 0 saturated heterocycles. The summed E-state index contributed by atoms with van der Waals surface area (Å²) in [6.45, 7) is 26.7. The molecule has 60 heavy (non-hydrogen) atoms. The van der Waals surface area contributed by atoms with Crippen molar-refractivity contribution < 1.29 is 0 Å². The van der Waals surface area contributed by atoms with E-state index in [-0.39, 0.29) is 0 Å². The average molecular weight is 785 g/mol. The maximum absolute atomic E-state index is 2.42. The highest BCUT2D eigenvalue weighted by Crippen LogP contribution is 2.42. The molecule has 0 bridgehead atoms. The van der Waals surface area contributed by atoms with Gasteiger partial charge in [-0.2, -0.15) is 0 Å². The summed E-state index contributed by atoms with van der Waals surface area (Å²) in [5.41, 5.74) is 27.7. The first-order chi connectivity index (χ1) is 28.7. The van der Waals surface area contributed by atoms with Crippen molar-refractivity contribution in [2.75, 3.05) is 9.80 Å². The van der Waals surface area contributed by atoms with E-state index in [1.54, 1.807) is 0 Å². The van der Waals surface area contributed by atoms with E-state index in [1.807, 2.05) is 0 Å². The molecule has 0 N–H and O–H groups in total. The molecule has 0 aliphatic rings. The van der Waals surface area contributed by atoms with Gasteiger partial charge in [-0.05, 0) is 221 Å². The third-order valence-electron chi connectivity index (χ3n) is 13.3. The van der Waals surface area contributed by atoms with E-state index in [4.69, 9.17) is 0 Å². The first kappa shape index (κ1) is 41.8. The maximum Gasteiger partial charge on any atom is 0.0493 e. The standard InChI is InChI=1S/C58H60N2/c1-37-13-33-55(45(9)41(37)5)59(56-34-14-38(2)42(6)46(56)10)53-29-25-51(26-30-53)23-21-49-17-19-50(20-18-49)22-24-52-27-31-54(32-28-52)60(57-35-15-39(3)43(7)47(57)11)58-36-16-40(4)44(8)48(58)12/h13-36H,1-12H3. The number of anilines is 6. The van der Waals surface area contributed by atoms with Gasteiger partial charge in [0.15, 0.2) is 0 Å². The second-order valence-corrected chi connectivity index (χ2v) is 16.8. The number of hydrogen-bond acceptors (Lipinski definition) is 2. The van der Waals surface area contributed by atoms with Crippen LogP contribution in [0.2, 0.25) is 0 Å². The molecule has 0 aliphatic carbocycles. The van der Waals surface area contributed by atoms with Gasteiger partial charge in [0.25, 0.3) is 0 Å². The molecule has 0 fully saturated rings. The molecule has 2 heteroatoms. The van der Waals surface area contributed by atoms with Gasteiger partial charge in [0.05, 0.1) is 0 Å². The Kier molecular flexibility index (Phi) is 12.2. The van der Waals surface area contributed by atoms with Crippen LogP contribution in [0.1, 0.15) is 89.0 Å². The molecular formula is C58H60N2. The number of rotatable bonds is 10. The molecule has 7 rings (SSSR count). The highest BCUT2D eigenvalue weighted by atomic mass is 15.2. The summed E-state index contributed by atoms with van der Waals surface area (Å²) in [6, 6.07) is 44.7. The fourth-order valence-corrected chi connectivity index (χ4v) is 8.12. The Morgan fingerprint density at radius 2 is 0.433 bits per heavy atom. The molecule has 0 atom stereocenters. The fourth-order valence-electron chi connectivity index (χ4n) is 8.12. The van der Waals surface area contributed by atoms with Crippen molar-refractivity contribution in [1.29, 1.82) is 0 Å². The molecule has 2 nitrogen and oxygen atoms in total. The van der Waals surface area contributed by atoms with Gasteiger partial charge in [-0.1, -0.05) is 97.1 Å². The summed E-state index contributed by atoms with van der Waals surface area (Å²) in [4.78, 5) is 4.85. The predicted molar refractivity (Wildman–Crippen MR) is 263 cm³/mol. The van der Waals surface area contributed by atoms with Crippen LogP contribution in [-0.4, -0.2) is 0 Å². The monoisotopic (exact) mass is 784 g/mol. The number of hydrogen-bond donors (Lipinski definition) is 0. The molecule has 7 aromatic rings. The van der Waals surface area contributed by atoms with E-state index in [9.17, 15) is 0 Å². The summed E-state index contributed by atoms with van der Waals surface area (Å²) in [6.07, 6.45) is 8.79. The van der Waals surface area contributed by atoms with Gasteiger partial charge < -0.3 is 9.80 Å². The molecule has 302 valence electrons. The van der Waals surface area contributed by atoms with E-state index in [1.165, 1.54) is 112 Å². The lowest BCUT2D eigenvalue weighted by Crippen LogP contribution is -2.14. The zero-order valence-corrected chi connectivity index (χ0v) is 37.8. The van der Waals surface area contributed by atoms with Crippen molar-refractivity contribution in [1.82, 2.24) is 0 Å². The molecule has 0 unspecified atom stereocenters. The van der Waals surface area contributed by atoms with Gasteiger partial charge in [0.1, 0.15) is 0 Å². The molecule has 0 radical (unpaired) electrons. The number of aryl methyl sites for hydroxylation is 4. The minimum absolute atomic E-state index is 1.15. The average Bonchev–Trinajstić information content (AvgIpc) is 3.25. The number of benzene rings is 7. The molecule has 7 aromatic carbocycles. The van der Waals surface area contributed by atoms with Crippen molar-refractivity contribution in [3.8, 4) is 0 Å². The molecule has 0 aliphatic heterocycles. The Balaban J connectivity index is 1.08. The van der Waals surface area contributed by atoms with E-state index in [0.717, 1.165) is 11.4 Å². The first-order valence-electron chi connectivity index (χ1n) is 21.3. The first-order valence-corrected chi connectivity index (χ1v) is 21.3.